The number of pyridine rings is 2. The second-order valence-corrected chi connectivity index (χ2v) is 9.94. The van der Waals surface area contributed by atoms with Gasteiger partial charge in [-0.1, -0.05) is 6.07 Å². The molecule has 4 rings (SSSR count). The number of anilines is 2. The third-order valence-electron chi connectivity index (χ3n) is 5.03. The van der Waals surface area contributed by atoms with Crippen LogP contribution in [0.1, 0.15) is 5.56 Å². The molecule has 0 bridgehead atoms. The van der Waals surface area contributed by atoms with Gasteiger partial charge >= 0.3 is 12.8 Å². The number of fused-ring (bicyclic) bond motifs is 1. The van der Waals surface area contributed by atoms with E-state index < -0.39 is 39.8 Å². The van der Waals surface area contributed by atoms with Gasteiger partial charge in [0, 0.05) is 30.8 Å². The number of benzene rings is 1. The Bertz CT molecular complexity index is 1550. The first-order valence-electron chi connectivity index (χ1n) is 10.8. The maximum absolute atomic E-state index is 13.0. The summed E-state index contributed by atoms with van der Waals surface area (Å²) in [5.41, 5.74) is 1.29. The summed E-state index contributed by atoms with van der Waals surface area (Å²) in [6.45, 7) is -4.39. The van der Waals surface area contributed by atoms with Crippen LogP contribution in [0.5, 0.6) is 5.75 Å². The van der Waals surface area contributed by atoms with Crippen LogP contribution in [0.4, 0.5) is 33.7 Å². The topological polar surface area (TPSA) is 119 Å². The van der Waals surface area contributed by atoms with Gasteiger partial charge in [0.1, 0.15) is 22.7 Å². The fourth-order valence-corrected chi connectivity index (χ4v) is 4.22. The number of rotatable bonds is 9. The van der Waals surface area contributed by atoms with Crippen LogP contribution >= 0.6 is 0 Å². The van der Waals surface area contributed by atoms with Crippen LogP contribution < -0.4 is 15.4 Å². The second-order valence-electron chi connectivity index (χ2n) is 7.96. The maximum atomic E-state index is 13.0. The highest BCUT2D eigenvalue weighted by Crippen LogP contribution is 2.32. The molecule has 2 N–H and O–H groups in total. The van der Waals surface area contributed by atoms with Crippen LogP contribution in [-0.2, 0) is 16.4 Å². The monoisotopic (exact) mass is 554 g/mol. The molecule has 0 aliphatic carbocycles. The first kappa shape index (κ1) is 26.9. The van der Waals surface area contributed by atoms with Gasteiger partial charge in [0.25, 0.3) is 0 Å². The normalized spacial score (nSPS) is 12.1. The van der Waals surface area contributed by atoms with Gasteiger partial charge in [-0.25, -0.2) is 18.4 Å². The molecule has 0 aliphatic rings. The van der Waals surface area contributed by atoms with Crippen LogP contribution in [0, 0.1) is 0 Å². The first-order valence-corrected chi connectivity index (χ1v) is 12.7. The van der Waals surface area contributed by atoms with E-state index in [0.717, 1.165) is 24.0 Å². The van der Waals surface area contributed by atoms with Crippen molar-refractivity contribution in [2.45, 2.75) is 24.2 Å². The summed E-state index contributed by atoms with van der Waals surface area (Å²) in [7, 11) is -3.98. The molecule has 200 valence electrons. The zero-order valence-corrected chi connectivity index (χ0v) is 20.3. The van der Waals surface area contributed by atoms with Gasteiger partial charge in [-0.15, -0.1) is 0 Å². The Balaban J connectivity index is 1.75. The summed E-state index contributed by atoms with van der Waals surface area (Å²) in [4.78, 5) is 16.3. The van der Waals surface area contributed by atoms with E-state index in [9.17, 15) is 30.4 Å². The summed E-state index contributed by atoms with van der Waals surface area (Å²) in [5.74, 6) is -0.732. The molecule has 0 unspecified atom stereocenters. The predicted octanol–water partition coefficient (Wildman–Crippen LogP) is 4.68. The largest absolute Gasteiger partial charge is 0.433 e. The molecule has 0 aliphatic heterocycles. The van der Waals surface area contributed by atoms with Crippen LogP contribution in [0.25, 0.3) is 22.3 Å². The minimum Gasteiger partial charge on any atom is -0.433 e. The molecule has 9 nitrogen and oxygen atoms in total. The van der Waals surface area contributed by atoms with E-state index in [1.807, 2.05) is 0 Å². The molecule has 0 saturated heterocycles. The number of nitrogens with zero attached hydrogens (tertiary/aromatic N) is 4. The van der Waals surface area contributed by atoms with Gasteiger partial charge in [0.2, 0.25) is 5.95 Å². The lowest BCUT2D eigenvalue weighted by atomic mass is 10.1. The number of nitrogens with one attached hydrogen (secondary N) is 2. The Hall–Kier alpha value is -4.14. The van der Waals surface area contributed by atoms with Crippen molar-refractivity contribution in [1.29, 1.82) is 0 Å². The number of aromatic nitrogens is 4. The summed E-state index contributed by atoms with van der Waals surface area (Å²) in [6.07, 6.45) is -0.530. The van der Waals surface area contributed by atoms with E-state index in [4.69, 9.17) is 0 Å². The minimum atomic E-state index is -4.55. The molecule has 0 radical (unpaired) electrons. The lowest BCUT2D eigenvalue weighted by Crippen LogP contribution is -2.22. The molecule has 3 aromatic heterocycles. The summed E-state index contributed by atoms with van der Waals surface area (Å²) >= 11 is 0. The van der Waals surface area contributed by atoms with Crippen LogP contribution in [0.3, 0.4) is 0 Å². The van der Waals surface area contributed by atoms with Gasteiger partial charge in [-0.3, -0.25) is 4.98 Å². The average Bonchev–Trinajstić information content (AvgIpc) is 2.85. The van der Waals surface area contributed by atoms with Gasteiger partial charge in [0.15, 0.2) is 15.7 Å². The summed E-state index contributed by atoms with van der Waals surface area (Å²) in [5, 5.41) is 5.15. The minimum absolute atomic E-state index is 0.0208. The number of sulfone groups is 1. The molecule has 15 heteroatoms. The van der Waals surface area contributed by atoms with Crippen molar-refractivity contribution in [3.63, 3.8) is 0 Å². The fraction of sp³-hybridized carbons (Fsp3) is 0.217. The van der Waals surface area contributed by atoms with E-state index in [0.29, 0.717) is 0 Å². The highest BCUT2D eigenvalue weighted by Gasteiger charge is 2.28. The molecule has 38 heavy (non-hydrogen) atoms. The quantitative estimate of drug-likeness (QED) is 0.284. The van der Waals surface area contributed by atoms with Gasteiger partial charge in [-0.05, 0) is 42.0 Å². The maximum Gasteiger partial charge on any atom is 0.405 e. The fourth-order valence-electron chi connectivity index (χ4n) is 3.40. The van der Waals surface area contributed by atoms with Crippen molar-refractivity contribution in [2.75, 3.05) is 23.4 Å². The molecule has 3 heterocycles. The van der Waals surface area contributed by atoms with Crippen molar-refractivity contribution in [2.24, 2.45) is 0 Å². The molecule has 0 saturated carbocycles. The standard InChI is InChI=1S/C23H19F5N6O3S/c1-38(35,36)18-9-14(4-7-17(18)37-21(24)25)15-5-6-16-19(32-15)20(31-12-23(26,27)28)34-22(33-16)30-11-13-3-2-8-29-10-13/h2-10,21H,11-12H2,1H3,(H2,30,31,33,34). The number of ether oxygens (including phenoxy) is 1. The van der Waals surface area contributed by atoms with E-state index in [-0.39, 0.29) is 40.6 Å². The third-order valence-corrected chi connectivity index (χ3v) is 6.14. The summed E-state index contributed by atoms with van der Waals surface area (Å²) < 4.78 is 93.0. The Morgan fingerprint density at radius 3 is 2.47 bits per heavy atom. The molecular formula is C23H19F5N6O3S. The molecule has 0 spiro atoms. The highest BCUT2D eigenvalue weighted by molar-refractivity contribution is 7.90. The lowest BCUT2D eigenvalue weighted by Gasteiger charge is -2.14. The average molecular weight is 555 g/mol. The van der Waals surface area contributed by atoms with Crippen molar-refractivity contribution in [1.82, 2.24) is 19.9 Å². The molecule has 0 fully saturated rings. The molecule has 0 amide bonds. The Morgan fingerprint density at radius 2 is 1.82 bits per heavy atom. The van der Waals surface area contributed by atoms with Crippen LogP contribution in [-0.4, -0.2) is 53.9 Å². The highest BCUT2D eigenvalue weighted by atomic mass is 32.2. The van der Waals surface area contributed by atoms with Gasteiger partial charge < -0.3 is 15.4 Å². The van der Waals surface area contributed by atoms with Crippen molar-refractivity contribution >= 4 is 32.6 Å². The van der Waals surface area contributed by atoms with Crippen molar-refractivity contribution in [3.8, 4) is 17.0 Å². The zero-order chi connectivity index (χ0) is 27.5. The van der Waals surface area contributed by atoms with E-state index in [2.05, 4.69) is 35.3 Å². The van der Waals surface area contributed by atoms with Gasteiger partial charge in [0.05, 0.1) is 11.2 Å². The zero-order valence-electron chi connectivity index (χ0n) is 19.5. The van der Waals surface area contributed by atoms with Crippen LogP contribution in [0.15, 0.2) is 59.8 Å². The third kappa shape index (κ3) is 6.79. The Morgan fingerprint density at radius 1 is 1.03 bits per heavy atom. The number of halogens is 5. The Labute approximate surface area is 213 Å². The Kier molecular flexibility index (Phi) is 7.57. The SMILES string of the molecule is CS(=O)(=O)c1cc(-c2ccc3nc(NCc4cccnc4)nc(NCC(F)(F)F)c3n2)ccc1OC(F)F. The van der Waals surface area contributed by atoms with E-state index >= 15 is 0 Å². The molecular weight excluding hydrogens is 535 g/mol. The number of alkyl halides is 5. The summed E-state index contributed by atoms with van der Waals surface area (Å²) in [6, 6.07) is 9.89. The molecule has 4 aromatic rings. The molecule has 0 atom stereocenters. The van der Waals surface area contributed by atoms with Crippen molar-refractivity contribution in [3.05, 3.63) is 60.4 Å². The number of hydrogen-bond donors (Lipinski definition) is 2. The smallest absolute Gasteiger partial charge is 0.405 e. The second kappa shape index (κ2) is 10.7. The molecule has 1 aromatic carbocycles. The van der Waals surface area contributed by atoms with Gasteiger partial charge in [-0.2, -0.15) is 26.9 Å². The number of hydrogen-bond acceptors (Lipinski definition) is 9. The van der Waals surface area contributed by atoms with E-state index in [1.165, 1.54) is 18.2 Å². The predicted molar refractivity (Wildman–Crippen MR) is 129 cm³/mol. The lowest BCUT2D eigenvalue weighted by molar-refractivity contribution is -0.115. The van der Waals surface area contributed by atoms with Crippen LogP contribution in [0.2, 0.25) is 0 Å². The van der Waals surface area contributed by atoms with E-state index in [1.54, 1.807) is 24.5 Å². The van der Waals surface area contributed by atoms with Crippen molar-refractivity contribution < 1.29 is 35.1 Å². The first-order chi connectivity index (χ1) is 17.9.